The maximum Gasteiger partial charge on any atom is 0.326 e. The van der Waals surface area contributed by atoms with Crippen LogP contribution >= 0.6 is 0 Å². The van der Waals surface area contributed by atoms with Gasteiger partial charge >= 0.3 is 5.97 Å². The van der Waals surface area contributed by atoms with E-state index in [1.54, 1.807) is 27.7 Å². The molecular formula is C37H62N6O7. The van der Waals surface area contributed by atoms with Crippen molar-refractivity contribution in [3.05, 3.63) is 35.9 Å². The Morgan fingerprint density at radius 3 is 1.74 bits per heavy atom. The third-order valence-corrected chi connectivity index (χ3v) is 8.60. The van der Waals surface area contributed by atoms with Gasteiger partial charge in [-0.1, -0.05) is 99.1 Å². The number of carbonyl (C=O) groups is 6. The van der Waals surface area contributed by atoms with Crippen LogP contribution in [0.5, 0.6) is 0 Å². The summed E-state index contributed by atoms with van der Waals surface area (Å²) >= 11 is 0. The van der Waals surface area contributed by atoms with Crippen LogP contribution in [0.15, 0.2) is 30.3 Å². The van der Waals surface area contributed by atoms with E-state index in [9.17, 15) is 33.9 Å². The summed E-state index contributed by atoms with van der Waals surface area (Å²) in [7, 11) is 0. The van der Waals surface area contributed by atoms with Crippen molar-refractivity contribution < 1.29 is 33.9 Å². The summed E-state index contributed by atoms with van der Waals surface area (Å²) in [6.45, 7) is 16.5. The van der Waals surface area contributed by atoms with Crippen molar-refractivity contribution in [1.82, 2.24) is 26.6 Å². The first-order chi connectivity index (χ1) is 23.4. The zero-order valence-corrected chi connectivity index (χ0v) is 31.4. The largest absolute Gasteiger partial charge is 0.480 e. The molecule has 13 nitrogen and oxygen atoms in total. The van der Waals surface area contributed by atoms with E-state index in [1.807, 2.05) is 65.0 Å². The molecule has 7 atom stereocenters. The van der Waals surface area contributed by atoms with Crippen LogP contribution < -0.4 is 32.3 Å². The second-order valence-electron chi connectivity index (χ2n) is 14.5. The highest BCUT2D eigenvalue weighted by Crippen LogP contribution is 2.13. The molecule has 0 aromatic heterocycles. The Hall–Kier alpha value is -4.00. The molecule has 50 heavy (non-hydrogen) atoms. The third kappa shape index (κ3) is 15.7. The van der Waals surface area contributed by atoms with E-state index in [0.29, 0.717) is 12.8 Å². The Morgan fingerprint density at radius 2 is 1.24 bits per heavy atom. The number of nitrogens with one attached hydrogen (secondary N) is 5. The molecule has 0 spiro atoms. The van der Waals surface area contributed by atoms with Gasteiger partial charge in [-0.15, -0.1) is 0 Å². The Labute approximate surface area is 298 Å². The summed E-state index contributed by atoms with van der Waals surface area (Å²) in [5, 5.41) is 23.4. The molecule has 3 unspecified atom stereocenters. The fourth-order valence-electron chi connectivity index (χ4n) is 5.46. The molecule has 282 valence electrons. The maximum atomic E-state index is 13.7. The standard InChI is InChI=1S/C37H62N6O7/c1-10-24(9)33(36(48)43-32(23(7)8)37(49)50)42-31(45)20-26(38)28(19-25-15-13-12-14-16-25)41-34(46)27(11-2)40-35(47)29(17-21(3)4)39-30(44)18-22(5)6/h12-16,21-24,26-29,32-33H,10-11,17-20,38H2,1-9H3,(H,39,44)(H,40,47)(H,41,46)(H,42,45)(H,43,48)(H,49,50)/t24-,26-,27?,28-,29?,32?,33-/m0/s1. The molecule has 1 aromatic rings. The third-order valence-electron chi connectivity index (χ3n) is 8.60. The number of carbonyl (C=O) groups excluding carboxylic acids is 5. The van der Waals surface area contributed by atoms with E-state index in [-0.39, 0.29) is 55.3 Å². The number of nitrogens with two attached hydrogens (primary N) is 1. The predicted molar refractivity (Wildman–Crippen MR) is 194 cm³/mol. The molecule has 0 radical (unpaired) electrons. The minimum atomic E-state index is -1.17. The van der Waals surface area contributed by atoms with Crippen molar-refractivity contribution in [2.24, 2.45) is 29.4 Å². The number of carboxylic acid groups (broad SMARTS) is 1. The van der Waals surface area contributed by atoms with Crippen LogP contribution in [0.3, 0.4) is 0 Å². The molecule has 1 rings (SSSR count). The van der Waals surface area contributed by atoms with Crippen LogP contribution in [0, 0.1) is 23.7 Å². The van der Waals surface area contributed by atoms with Crippen molar-refractivity contribution in [1.29, 1.82) is 0 Å². The normalized spacial score (nSPS) is 15.6. The molecule has 0 saturated heterocycles. The van der Waals surface area contributed by atoms with Gasteiger partial charge in [-0.2, -0.15) is 0 Å². The molecule has 13 heteroatoms. The van der Waals surface area contributed by atoms with Gasteiger partial charge in [-0.05, 0) is 48.5 Å². The van der Waals surface area contributed by atoms with E-state index >= 15 is 0 Å². The molecule has 0 heterocycles. The molecule has 0 aliphatic heterocycles. The summed E-state index contributed by atoms with van der Waals surface area (Å²) in [5.74, 6) is -3.94. The summed E-state index contributed by atoms with van der Waals surface area (Å²) in [6, 6.07) is 3.82. The lowest BCUT2D eigenvalue weighted by atomic mass is 9.94. The fourth-order valence-corrected chi connectivity index (χ4v) is 5.46. The van der Waals surface area contributed by atoms with E-state index in [0.717, 1.165) is 5.56 Å². The van der Waals surface area contributed by atoms with E-state index < -0.39 is 65.8 Å². The Kier molecular flexibility index (Phi) is 19.3. The topological polar surface area (TPSA) is 209 Å². The number of carboxylic acids is 1. The molecule has 1 aromatic carbocycles. The van der Waals surface area contributed by atoms with Gasteiger partial charge in [0.1, 0.15) is 24.2 Å². The predicted octanol–water partition coefficient (Wildman–Crippen LogP) is 2.66. The molecule has 0 fully saturated rings. The highest BCUT2D eigenvalue weighted by Gasteiger charge is 2.33. The van der Waals surface area contributed by atoms with Gasteiger partial charge in [0.15, 0.2) is 0 Å². The average Bonchev–Trinajstić information content (AvgIpc) is 3.03. The van der Waals surface area contributed by atoms with Crippen molar-refractivity contribution in [3.63, 3.8) is 0 Å². The van der Waals surface area contributed by atoms with Gasteiger partial charge in [0.2, 0.25) is 29.5 Å². The monoisotopic (exact) mass is 702 g/mol. The van der Waals surface area contributed by atoms with Gasteiger partial charge in [-0.25, -0.2) is 4.79 Å². The highest BCUT2D eigenvalue weighted by molar-refractivity contribution is 5.93. The van der Waals surface area contributed by atoms with Crippen LogP contribution in [0.1, 0.15) is 100.0 Å². The van der Waals surface area contributed by atoms with Crippen LogP contribution in [0.2, 0.25) is 0 Å². The van der Waals surface area contributed by atoms with Crippen molar-refractivity contribution in [2.45, 2.75) is 137 Å². The summed E-state index contributed by atoms with van der Waals surface area (Å²) in [5.41, 5.74) is 7.45. The zero-order valence-electron chi connectivity index (χ0n) is 31.4. The second kappa shape index (κ2) is 22.0. The molecular weight excluding hydrogens is 640 g/mol. The van der Waals surface area contributed by atoms with E-state index in [2.05, 4.69) is 26.6 Å². The quantitative estimate of drug-likeness (QED) is 0.0953. The van der Waals surface area contributed by atoms with Crippen molar-refractivity contribution >= 4 is 35.5 Å². The maximum absolute atomic E-state index is 13.7. The smallest absolute Gasteiger partial charge is 0.326 e. The zero-order chi connectivity index (χ0) is 38.1. The second-order valence-corrected chi connectivity index (χ2v) is 14.5. The Morgan fingerprint density at radius 1 is 0.660 bits per heavy atom. The number of hydrogen-bond donors (Lipinski definition) is 7. The fraction of sp³-hybridized carbons (Fsp3) is 0.676. The molecule has 0 aliphatic rings. The van der Waals surface area contributed by atoms with E-state index in [1.165, 1.54) is 0 Å². The van der Waals surface area contributed by atoms with Crippen molar-refractivity contribution in [3.8, 4) is 0 Å². The summed E-state index contributed by atoms with van der Waals surface area (Å²) in [6.07, 6.45) is 1.52. The van der Waals surface area contributed by atoms with Crippen LogP contribution in [-0.4, -0.2) is 76.9 Å². The first-order valence-electron chi connectivity index (χ1n) is 17.9. The minimum absolute atomic E-state index is 0.109. The molecule has 5 amide bonds. The van der Waals surface area contributed by atoms with Gasteiger partial charge < -0.3 is 37.4 Å². The van der Waals surface area contributed by atoms with Crippen LogP contribution in [0.25, 0.3) is 0 Å². The average molecular weight is 703 g/mol. The first kappa shape index (κ1) is 44.0. The van der Waals surface area contributed by atoms with Gasteiger partial charge in [0.05, 0.1) is 0 Å². The lowest BCUT2D eigenvalue weighted by Crippen LogP contribution is -2.59. The number of benzene rings is 1. The summed E-state index contributed by atoms with van der Waals surface area (Å²) < 4.78 is 0. The molecule has 8 N–H and O–H groups in total. The SMILES string of the molecule is CCC(NC(=O)C(CC(C)C)NC(=O)CC(C)C)C(=O)N[C@@H](Cc1ccccc1)[C@@H](N)CC(=O)N[C@H](C(=O)NC(C(=O)O)C(C)C)[C@@H](C)CC. The Bertz CT molecular complexity index is 1260. The first-order valence-corrected chi connectivity index (χ1v) is 17.9. The minimum Gasteiger partial charge on any atom is -0.480 e. The van der Waals surface area contributed by atoms with Crippen LogP contribution in [-0.2, 0) is 35.2 Å². The van der Waals surface area contributed by atoms with Crippen LogP contribution in [0.4, 0.5) is 0 Å². The number of aliphatic carboxylic acids is 1. The summed E-state index contributed by atoms with van der Waals surface area (Å²) in [4.78, 5) is 77.8. The van der Waals surface area contributed by atoms with E-state index in [4.69, 9.17) is 5.73 Å². The lowest BCUT2D eigenvalue weighted by molar-refractivity contribution is -0.143. The number of amides is 5. The van der Waals surface area contributed by atoms with Gasteiger partial charge in [0.25, 0.3) is 0 Å². The van der Waals surface area contributed by atoms with Gasteiger partial charge in [-0.3, -0.25) is 24.0 Å². The molecule has 0 bridgehead atoms. The molecule has 0 saturated carbocycles. The highest BCUT2D eigenvalue weighted by atomic mass is 16.4. The lowest BCUT2D eigenvalue weighted by Gasteiger charge is -2.30. The Balaban J connectivity index is 3.17. The van der Waals surface area contributed by atoms with Crippen molar-refractivity contribution in [2.75, 3.05) is 0 Å². The van der Waals surface area contributed by atoms with Gasteiger partial charge in [0, 0.05) is 24.9 Å². The molecule has 0 aliphatic carbocycles. The number of hydrogen-bond acceptors (Lipinski definition) is 7. The number of rotatable bonds is 22.